The summed E-state index contributed by atoms with van der Waals surface area (Å²) in [7, 11) is -4.08. The third-order valence-electron chi connectivity index (χ3n) is 13.0. The van der Waals surface area contributed by atoms with E-state index in [1.165, 1.54) is 10.4 Å². The number of rotatable bonds is 12. The van der Waals surface area contributed by atoms with E-state index >= 15 is 0 Å². The number of carbonyl (C=O) groups excluding carboxylic acids is 2. The maximum Gasteiger partial charge on any atom is 0.455 e. The third kappa shape index (κ3) is 7.75. The van der Waals surface area contributed by atoms with Gasteiger partial charge < -0.3 is 23.6 Å². The number of fused-ring (bicyclic) bond motifs is 3. The van der Waals surface area contributed by atoms with Gasteiger partial charge in [0.1, 0.15) is 18.1 Å². The van der Waals surface area contributed by atoms with Crippen LogP contribution in [0, 0.1) is 17.8 Å². The van der Waals surface area contributed by atoms with E-state index < -0.39 is 33.4 Å². The molecular weight excluding hydrogens is 743 g/mol. The second-order valence-corrected chi connectivity index (χ2v) is 21.8. The van der Waals surface area contributed by atoms with Crippen LogP contribution in [-0.4, -0.2) is 66.0 Å². The van der Waals surface area contributed by atoms with Crippen molar-refractivity contribution in [1.29, 1.82) is 0 Å². The van der Waals surface area contributed by atoms with Gasteiger partial charge in [-0.25, -0.2) is 0 Å². The zero-order chi connectivity index (χ0) is 40.4. The van der Waals surface area contributed by atoms with Gasteiger partial charge in [-0.15, -0.1) is 0 Å². The number of furan rings is 1. The number of allylic oxidation sites excluding steroid dienone is 1. The molecule has 0 spiro atoms. The number of hydrogen-bond acceptors (Lipinski definition) is 8. The number of benzene rings is 2. The van der Waals surface area contributed by atoms with Crippen molar-refractivity contribution in [2.75, 3.05) is 6.61 Å². The van der Waals surface area contributed by atoms with Crippen LogP contribution >= 0.6 is 0 Å². The summed E-state index contributed by atoms with van der Waals surface area (Å²) in [4.78, 5) is 35.4. The molecule has 2 saturated heterocycles. The van der Waals surface area contributed by atoms with Crippen molar-refractivity contribution in [3.63, 3.8) is 0 Å². The molecule has 302 valence electrons. The van der Waals surface area contributed by atoms with E-state index in [-0.39, 0.29) is 48.3 Å². The van der Waals surface area contributed by atoms with Gasteiger partial charge in [-0.2, -0.15) is 0 Å². The quantitative estimate of drug-likeness (QED) is 0.0878. The molecule has 0 radical (unpaired) electrons. The number of hydrogen-bond donors (Lipinski definition) is 2. The summed E-state index contributed by atoms with van der Waals surface area (Å²) in [5.74, 6) is -0.501. The van der Waals surface area contributed by atoms with Crippen LogP contribution in [0.5, 0.6) is 0 Å². The van der Waals surface area contributed by atoms with E-state index in [2.05, 4.69) is 74.3 Å². The molecule has 4 aliphatic rings. The number of carbonyl (C=O) groups is 2. The number of pyridine rings is 1. The fraction of sp³-hybridized carbons (Fsp3) is 0.426. The zero-order valence-corrected chi connectivity index (χ0v) is 34.9. The molecule has 11 heteroatoms. The summed E-state index contributed by atoms with van der Waals surface area (Å²) >= 11 is 0. The first-order chi connectivity index (χ1) is 28.1. The molecule has 0 unspecified atom stereocenters. The fourth-order valence-corrected chi connectivity index (χ4v) is 15.0. The summed E-state index contributed by atoms with van der Waals surface area (Å²) in [5.41, 5.74) is 3.70. The van der Waals surface area contributed by atoms with Crippen molar-refractivity contribution >= 4 is 49.3 Å². The summed E-state index contributed by atoms with van der Waals surface area (Å²) < 4.78 is 19.9. The van der Waals surface area contributed by atoms with Crippen LogP contribution in [0.1, 0.15) is 89.4 Å². The first-order valence-electron chi connectivity index (χ1n) is 21.1. The standard InChI is InChI=1S/C47H55BN2O7Si/c1-47(2,3)58(37-17-9-5-10-18-37,38-19-11-6-12-20-38)55-31-33-28-39-44(46(53)50(45(39)52)34-15-7-4-8-16-34)40-29-48(54)57-42(43(33)40)25-22-32(41-21-13-14-26-49-41)27-35-23-24-36(30-51)56-35/h5-6,9-14,17-21,23-24,26-27,34,39-40,42,44,51,54H,4,7-8,15-16,22,25,28-31H2,1-3H3/b32-27-/t39-,40+,42-,44-/m1/s1. The topological polar surface area (TPSA) is 122 Å². The fourth-order valence-electron chi connectivity index (χ4n) is 10.4. The Kier molecular flexibility index (Phi) is 11.9. The van der Waals surface area contributed by atoms with Gasteiger partial charge in [0, 0.05) is 12.2 Å². The first kappa shape index (κ1) is 40.4. The smallest absolute Gasteiger partial charge is 0.455 e. The highest BCUT2D eigenvalue weighted by Crippen LogP contribution is 2.52. The highest BCUT2D eigenvalue weighted by Gasteiger charge is 2.59. The molecule has 2 aromatic heterocycles. The predicted molar refractivity (Wildman–Crippen MR) is 228 cm³/mol. The van der Waals surface area contributed by atoms with Crippen LogP contribution in [0.3, 0.4) is 0 Å². The van der Waals surface area contributed by atoms with Crippen LogP contribution in [0.2, 0.25) is 11.4 Å². The van der Waals surface area contributed by atoms with Gasteiger partial charge in [0.05, 0.1) is 30.2 Å². The molecule has 2 N–H and O–H groups in total. The molecule has 0 bridgehead atoms. The lowest BCUT2D eigenvalue weighted by Gasteiger charge is -2.46. The molecule has 2 amide bonds. The Bertz CT molecular complexity index is 2090. The maximum absolute atomic E-state index is 14.6. The first-order valence-corrected chi connectivity index (χ1v) is 23.0. The maximum atomic E-state index is 14.6. The minimum absolute atomic E-state index is 0.0671. The lowest BCUT2D eigenvalue weighted by atomic mass is 9.58. The third-order valence-corrected chi connectivity index (χ3v) is 18.0. The van der Waals surface area contributed by atoms with Crippen molar-refractivity contribution in [1.82, 2.24) is 9.88 Å². The van der Waals surface area contributed by atoms with E-state index in [1.807, 2.05) is 42.5 Å². The van der Waals surface area contributed by atoms with E-state index in [1.54, 1.807) is 17.2 Å². The molecule has 9 nitrogen and oxygen atoms in total. The minimum atomic E-state index is -2.99. The molecule has 4 heterocycles. The highest BCUT2D eigenvalue weighted by atomic mass is 28.4. The van der Waals surface area contributed by atoms with Crippen molar-refractivity contribution in [3.8, 4) is 0 Å². The molecular formula is C47H55BN2O7Si. The Morgan fingerprint density at radius 2 is 1.60 bits per heavy atom. The second-order valence-electron chi connectivity index (χ2n) is 17.5. The van der Waals surface area contributed by atoms with E-state index in [9.17, 15) is 19.7 Å². The molecule has 2 aromatic carbocycles. The second kappa shape index (κ2) is 17.1. The largest absolute Gasteiger partial charge is 0.459 e. The molecule has 58 heavy (non-hydrogen) atoms. The van der Waals surface area contributed by atoms with Crippen molar-refractivity contribution in [2.45, 2.75) is 102 Å². The predicted octanol–water partition coefficient (Wildman–Crippen LogP) is 7.19. The van der Waals surface area contributed by atoms with Crippen LogP contribution < -0.4 is 10.4 Å². The monoisotopic (exact) mass is 798 g/mol. The Morgan fingerprint density at radius 3 is 2.22 bits per heavy atom. The summed E-state index contributed by atoms with van der Waals surface area (Å²) in [6.07, 6.45) is 9.69. The highest BCUT2D eigenvalue weighted by molar-refractivity contribution is 6.99. The van der Waals surface area contributed by atoms with Gasteiger partial charge in [-0.1, -0.05) is 107 Å². The Morgan fingerprint density at radius 1 is 0.914 bits per heavy atom. The van der Waals surface area contributed by atoms with E-state index in [0.717, 1.165) is 54.5 Å². The molecule has 3 fully saturated rings. The van der Waals surface area contributed by atoms with E-state index in [4.69, 9.17) is 13.5 Å². The number of aromatic nitrogens is 1. The average Bonchev–Trinajstić information content (AvgIpc) is 3.80. The average molecular weight is 799 g/mol. The van der Waals surface area contributed by atoms with Crippen LogP contribution in [0.4, 0.5) is 0 Å². The SMILES string of the molecule is CC(C)(C)[Si](OCC1=C2[C@@H](CC/C(=C/c3ccc(CO)o3)c3ccccn3)OB(O)C[C@@H]2[C@@H]2C(=O)N(C3CCCCC3)C(=O)[C@@H]2C1)(c1ccccc1)c1ccccc1. The number of nitrogens with zero attached hydrogens (tertiary/aromatic N) is 2. The summed E-state index contributed by atoms with van der Waals surface area (Å²) in [5, 5.41) is 23.2. The normalized spacial score (nSPS) is 23.4. The zero-order valence-electron chi connectivity index (χ0n) is 33.9. The molecule has 4 aromatic rings. The summed E-state index contributed by atoms with van der Waals surface area (Å²) in [6.45, 7) is 6.86. The molecule has 2 aliphatic carbocycles. The van der Waals surface area contributed by atoms with Gasteiger partial charge in [-0.3, -0.25) is 19.5 Å². The lowest BCUT2D eigenvalue weighted by molar-refractivity contribution is -0.143. The number of amides is 2. The number of imide groups is 1. The van der Waals surface area contributed by atoms with Gasteiger partial charge in [0.25, 0.3) is 8.32 Å². The van der Waals surface area contributed by atoms with Crippen molar-refractivity contribution < 1.29 is 33.2 Å². The minimum Gasteiger partial charge on any atom is -0.459 e. The van der Waals surface area contributed by atoms with Crippen LogP contribution in [-0.2, 0) is 25.3 Å². The van der Waals surface area contributed by atoms with Gasteiger partial charge >= 0.3 is 7.12 Å². The number of aliphatic hydroxyl groups excluding tert-OH is 1. The van der Waals surface area contributed by atoms with E-state index in [0.29, 0.717) is 30.8 Å². The summed E-state index contributed by atoms with van der Waals surface area (Å²) in [6, 6.07) is 30.4. The lowest BCUT2D eigenvalue weighted by Crippen LogP contribution is -2.66. The van der Waals surface area contributed by atoms with Crippen molar-refractivity contribution in [3.05, 3.63) is 126 Å². The molecule has 8 rings (SSSR count). The number of aliphatic hydroxyl groups is 1. The van der Waals surface area contributed by atoms with Crippen LogP contribution in [0.15, 0.2) is 113 Å². The molecule has 1 saturated carbocycles. The Balaban J connectivity index is 1.21. The molecule has 2 aliphatic heterocycles. The Hall–Kier alpha value is -4.39. The Labute approximate surface area is 343 Å². The van der Waals surface area contributed by atoms with Crippen molar-refractivity contribution in [2.24, 2.45) is 17.8 Å². The van der Waals surface area contributed by atoms with Crippen LogP contribution in [0.25, 0.3) is 11.6 Å². The molecule has 4 atom stereocenters. The van der Waals surface area contributed by atoms with Gasteiger partial charge in [0.2, 0.25) is 11.8 Å². The van der Waals surface area contributed by atoms with Gasteiger partial charge in [-0.05, 0) is 107 Å². The van der Waals surface area contributed by atoms with Gasteiger partial charge in [0.15, 0.2) is 0 Å². The number of likely N-dealkylation sites (tertiary alicyclic amines) is 1.